The summed E-state index contributed by atoms with van der Waals surface area (Å²) in [4.78, 5) is 42.4. The van der Waals surface area contributed by atoms with Crippen LogP contribution in [0.4, 0.5) is 5.69 Å². The van der Waals surface area contributed by atoms with Gasteiger partial charge in [0.15, 0.2) is 0 Å². The van der Waals surface area contributed by atoms with Crippen LogP contribution in [0.15, 0.2) is 36.5 Å². The molecule has 2 aliphatic rings. The van der Waals surface area contributed by atoms with Gasteiger partial charge in [0.05, 0.1) is 5.56 Å². The molecule has 150 valence electrons. The van der Waals surface area contributed by atoms with Crippen molar-refractivity contribution in [2.75, 3.05) is 18.4 Å². The van der Waals surface area contributed by atoms with Gasteiger partial charge in [0, 0.05) is 35.5 Å². The third-order valence-corrected chi connectivity index (χ3v) is 5.79. The number of H-pyrrole nitrogens is 1. The molecule has 0 spiro atoms. The van der Waals surface area contributed by atoms with Crippen LogP contribution < -0.4 is 21.6 Å². The predicted molar refractivity (Wildman–Crippen MR) is 110 cm³/mol. The third kappa shape index (κ3) is 3.55. The number of benzene rings is 1. The van der Waals surface area contributed by atoms with Crippen LogP contribution in [0.25, 0.3) is 12.2 Å². The average molecular weight is 392 g/mol. The van der Waals surface area contributed by atoms with Crippen LogP contribution in [0, 0.1) is 0 Å². The molecule has 0 saturated carbocycles. The Morgan fingerprint density at radius 2 is 1.72 bits per heavy atom. The molecule has 0 radical (unpaired) electrons. The van der Waals surface area contributed by atoms with Gasteiger partial charge >= 0.3 is 0 Å². The zero-order valence-corrected chi connectivity index (χ0v) is 16.1. The Bertz CT molecular complexity index is 1060. The van der Waals surface area contributed by atoms with Gasteiger partial charge in [-0.05, 0) is 37.8 Å². The maximum Gasteiger partial charge on any atom is 0.295 e. The molecule has 1 aliphatic carbocycles. The fourth-order valence-corrected chi connectivity index (χ4v) is 4.06. The van der Waals surface area contributed by atoms with Crippen molar-refractivity contribution in [1.82, 2.24) is 9.88 Å². The van der Waals surface area contributed by atoms with Gasteiger partial charge in [-0.15, -0.1) is 0 Å². The minimum Gasteiger partial charge on any atom is -0.371 e. The van der Waals surface area contributed by atoms with Crippen molar-refractivity contribution in [1.29, 1.82) is 0 Å². The summed E-state index contributed by atoms with van der Waals surface area (Å²) in [7, 11) is 0. The monoisotopic (exact) mass is 392 g/mol. The maximum atomic E-state index is 12.8. The number of carbonyl (C=O) groups is 3. The van der Waals surface area contributed by atoms with Gasteiger partial charge in [-0.3, -0.25) is 14.4 Å². The van der Waals surface area contributed by atoms with Crippen molar-refractivity contribution in [2.45, 2.75) is 31.2 Å². The van der Waals surface area contributed by atoms with Gasteiger partial charge in [0.1, 0.15) is 5.54 Å². The summed E-state index contributed by atoms with van der Waals surface area (Å²) in [5, 5.41) is 4.94. The highest BCUT2D eigenvalue weighted by molar-refractivity contribution is 6.42. The number of aromatic nitrogens is 1. The zero-order valence-electron chi connectivity index (χ0n) is 16.1. The Morgan fingerprint density at radius 1 is 1.03 bits per heavy atom. The van der Waals surface area contributed by atoms with Gasteiger partial charge in [-0.1, -0.05) is 30.4 Å². The maximum absolute atomic E-state index is 12.8. The Labute approximate surface area is 168 Å². The number of para-hydroxylation sites is 1. The minimum absolute atomic E-state index is 0.287. The van der Waals surface area contributed by atoms with E-state index in [9.17, 15) is 14.4 Å². The van der Waals surface area contributed by atoms with Gasteiger partial charge in [-0.25, -0.2) is 0 Å². The van der Waals surface area contributed by atoms with Crippen molar-refractivity contribution < 1.29 is 14.4 Å². The molecule has 2 amide bonds. The Morgan fingerprint density at radius 3 is 2.41 bits per heavy atom. The predicted octanol–water partition coefficient (Wildman–Crippen LogP) is 0.511. The first-order chi connectivity index (χ1) is 14.0. The van der Waals surface area contributed by atoms with Gasteiger partial charge in [0.2, 0.25) is 5.91 Å². The number of rotatable bonds is 5. The molecule has 2 heterocycles. The first-order valence-electron chi connectivity index (χ1n) is 9.85. The molecule has 1 saturated heterocycles. The Hall–Kier alpha value is -3.35. The first kappa shape index (κ1) is 19.0. The van der Waals surface area contributed by atoms with E-state index >= 15 is 0 Å². The summed E-state index contributed by atoms with van der Waals surface area (Å²) >= 11 is 0. The number of anilines is 1. The fraction of sp³-hybridized carbons (Fsp3) is 0.318. The number of fused-ring (bicyclic) bond motifs is 1. The molecule has 1 aromatic carbocycles. The van der Waals surface area contributed by atoms with E-state index in [0.29, 0.717) is 18.4 Å². The van der Waals surface area contributed by atoms with Crippen molar-refractivity contribution in [3.63, 3.8) is 0 Å². The van der Waals surface area contributed by atoms with Crippen LogP contribution in [0.2, 0.25) is 0 Å². The number of nitrogens with zero attached hydrogens (tertiary/aromatic N) is 1. The third-order valence-electron chi connectivity index (χ3n) is 5.79. The van der Waals surface area contributed by atoms with E-state index in [2.05, 4.69) is 10.3 Å². The van der Waals surface area contributed by atoms with E-state index in [1.54, 1.807) is 6.20 Å². The number of nitrogens with one attached hydrogen (secondary N) is 2. The number of piperidine rings is 1. The fourth-order valence-electron chi connectivity index (χ4n) is 4.06. The molecule has 0 atom stereocenters. The molecule has 4 N–H and O–H groups in total. The van der Waals surface area contributed by atoms with Crippen LogP contribution in [0.3, 0.4) is 0 Å². The second-order valence-corrected chi connectivity index (χ2v) is 7.57. The number of hydrogen-bond acceptors (Lipinski definition) is 4. The number of ketones is 1. The molecule has 0 unspecified atom stereocenters. The van der Waals surface area contributed by atoms with Crippen LogP contribution in [-0.4, -0.2) is 46.1 Å². The summed E-state index contributed by atoms with van der Waals surface area (Å²) in [6.45, 7) is 0.575. The van der Waals surface area contributed by atoms with E-state index in [1.807, 2.05) is 42.5 Å². The topological polar surface area (TPSA) is 108 Å². The molecule has 4 rings (SSSR count). The quantitative estimate of drug-likeness (QED) is 0.509. The lowest BCUT2D eigenvalue weighted by atomic mass is 9.86. The molecule has 2 aromatic rings. The Balaban J connectivity index is 1.48. The lowest BCUT2D eigenvalue weighted by molar-refractivity contribution is -0.131. The van der Waals surface area contributed by atoms with Crippen molar-refractivity contribution in [2.24, 2.45) is 5.73 Å². The van der Waals surface area contributed by atoms with Gasteiger partial charge in [0.25, 0.3) is 11.7 Å². The number of aromatic amines is 1. The Kier molecular flexibility index (Phi) is 4.96. The SMILES string of the molecule is NC(=O)C1(Nc2ccccc2)CCN(C(=O)C(=O)c2c[nH]c3c2=CCCC=3)CC1. The lowest BCUT2D eigenvalue weighted by Gasteiger charge is -2.40. The van der Waals surface area contributed by atoms with Crippen LogP contribution in [-0.2, 0) is 9.59 Å². The standard InChI is InChI=1S/C22H24N4O3/c23-21(29)22(25-15-6-2-1-3-7-15)10-12-26(13-11-22)20(28)19(27)17-14-24-18-9-5-4-8-16(17)18/h1-3,6-9,14,24-25H,4-5,10-13H2,(H2,23,29). The number of likely N-dealkylation sites (tertiary alicyclic amines) is 1. The lowest BCUT2D eigenvalue weighted by Crippen LogP contribution is -2.58. The number of hydrogen-bond donors (Lipinski definition) is 3. The molecule has 0 bridgehead atoms. The van der Waals surface area contributed by atoms with Crippen LogP contribution >= 0.6 is 0 Å². The number of Topliss-reactive ketones (excluding diaryl/α,β-unsaturated/α-hetero) is 1. The minimum atomic E-state index is -0.933. The van der Waals surface area contributed by atoms with E-state index in [4.69, 9.17) is 5.73 Å². The smallest absolute Gasteiger partial charge is 0.295 e. The molecule has 1 fully saturated rings. The van der Waals surface area contributed by atoms with Crippen molar-refractivity contribution in [3.05, 3.63) is 52.7 Å². The van der Waals surface area contributed by atoms with Crippen LogP contribution in [0.5, 0.6) is 0 Å². The molecular formula is C22H24N4O3. The van der Waals surface area contributed by atoms with Crippen LogP contribution in [0.1, 0.15) is 36.0 Å². The summed E-state index contributed by atoms with van der Waals surface area (Å²) in [5.41, 5.74) is 5.98. The highest BCUT2D eigenvalue weighted by atomic mass is 16.2. The van der Waals surface area contributed by atoms with Crippen molar-refractivity contribution >= 4 is 35.4 Å². The second kappa shape index (κ2) is 7.58. The number of amides is 2. The molecule has 7 heteroatoms. The highest BCUT2D eigenvalue weighted by Gasteiger charge is 2.42. The molecule has 7 nitrogen and oxygen atoms in total. The van der Waals surface area contributed by atoms with E-state index in [1.165, 1.54) is 4.90 Å². The molecule has 1 aromatic heterocycles. The summed E-state index contributed by atoms with van der Waals surface area (Å²) < 4.78 is 0. The van der Waals surface area contributed by atoms with Gasteiger partial charge < -0.3 is 20.9 Å². The highest BCUT2D eigenvalue weighted by Crippen LogP contribution is 2.27. The number of nitrogens with two attached hydrogens (primary N) is 1. The first-order valence-corrected chi connectivity index (χ1v) is 9.85. The van der Waals surface area contributed by atoms with Gasteiger partial charge in [-0.2, -0.15) is 0 Å². The summed E-state index contributed by atoms with van der Waals surface area (Å²) in [6.07, 6.45) is 8.11. The molecular weight excluding hydrogens is 368 g/mol. The van der Waals surface area contributed by atoms with E-state index in [0.717, 1.165) is 29.1 Å². The molecule has 29 heavy (non-hydrogen) atoms. The largest absolute Gasteiger partial charge is 0.371 e. The van der Waals surface area contributed by atoms with Crippen molar-refractivity contribution in [3.8, 4) is 0 Å². The average Bonchev–Trinajstić information content (AvgIpc) is 3.18. The summed E-state index contributed by atoms with van der Waals surface area (Å²) in [5.74, 6) is -1.51. The van der Waals surface area contributed by atoms with E-state index < -0.39 is 23.1 Å². The zero-order chi connectivity index (χ0) is 20.4. The number of carbonyl (C=O) groups excluding carboxylic acids is 3. The molecule has 1 aliphatic heterocycles. The summed E-state index contributed by atoms with van der Waals surface area (Å²) in [6, 6.07) is 9.38. The second-order valence-electron chi connectivity index (χ2n) is 7.57. The van der Waals surface area contributed by atoms with E-state index in [-0.39, 0.29) is 13.1 Å². The number of primary amides is 1. The normalized spacial score (nSPS) is 17.4.